The van der Waals surface area contributed by atoms with Gasteiger partial charge in [-0.2, -0.15) is 4.98 Å². The molecule has 0 aliphatic heterocycles. The molecular formula is C22H21BrClN3O2. The lowest BCUT2D eigenvalue weighted by Gasteiger charge is -2.42. The van der Waals surface area contributed by atoms with E-state index in [2.05, 4.69) is 49.6 Å². The minimum Gasteiger partial charge on any atom is -0.355 e. The molecule has 1 aromatic heterocycles. The van der Waals surface area contributed by atoms with Crippen molar-refractivity contribution in [1.29, 1.82) is 0 Å². The van der Waals surface area contributed by atoms with Crippen LogP contribution >= 0.6 is 27.5 Å². The Hall–Kier alpha value is -2.18. The lowest BCUT2D eigenvalue weighted by atomic mass is 9.64. The first kappa shape index (κ1) is 20.1. The number of hydrogen-bond acceptors (Lipinski definition) is 4. The summed E-state index contributed by atoms with van der Waals surface area (Å²) in [5.74, 6) is 0.952. The van der Waals surface area contributed by atoms with E-state index in [0.29, 0.717) is 36.1 Å². The smallest absolute Gasteiger partial charge is 0.227 e. The Morgan fingerprint density at radius 3 is 2.69 bits per heavy atom. The van der Waals surface area contributed by atoms with E-state index in [4.69, 9.17) is 16.1 Å². The number of nitrogens with zero attached hydrogens (tertiary/aromatic N) is 2. The van der Waals surface area contributed by atoms with Crippen molar-refractivity contribution < 1.29 is 9.32 Å². The second kappa shape index (κ2) is 8.67. The van der Waals surface area contributed by atoms with Gasteiger partial charge in [-0.3, -0.25) is 4.79 Å². The van der Waals surface area contributed by atoms with Gasteiger partial charge < -0.3 is 9.84 Å². The molecule has 5 nitrogen and oxygen atoms in total. The third kappa shape index (κ3) is 4.70. The first-order valence-electron chi connectivity index (χ1n) is 9.65. The lowest BCUT2D eigenvalue weighted by molar-refractivity contribution is -0.121. The van der Waals surface area contributed by atoms with Gasteiger partial charge in [-0.05, 0) is 54.8 Å². The van der Waals surface area contributed by atoms with Crippen molar-refractivity contribution in [2.24, 2.45) is 0 Å². The summed E-state index contributed by atoms with van der Waals surface area (Å²) in [6.45, 7) is 0.655. The van der Waals surface area contributed by atoms with Crippen LogP contribution in [0.25, 0.3) is 11.4 Å². The van der Waals surface area contributed by atoms with Gasteiger partial charge in [0.2, 0.25) is 17.6 Å². The van der Waals surface area contributed by atoms with Crippen LogP contribution in [0.1, 0.15) is 37.1 Å². The van der Waals surface area contributed by atoms with E-state index >= 15 is 0 Å². The van der Waals surface area contributed by atoms with Gasteiger partial charge in [0.1, 0.15) is 0 Å². The van der Waals surface area contributed by atoms with E-state index in [1.165, 1.54) is 12.0 Å². The monoisotopic (exact) mass is 473 g/mol. The highest BCUT2D eigenvalue weighted by Crippen LogP contribution is 2.43. The summed E-state index contributed by atoms with van der Waals surface area (Å²) in [5, 5.41) is 7.74. The van der Waals surface area contributed by atoms with E-state index in [0.717, 1.165) is 22.9 Å². The van der Waals surface area contributed by atoms with Crippen molar-refractivity contribution in [2.75, 3.05) is 6.54 Å². The zero-order valence-electron chi connectivity index (χ0n) is 15.8. The molecule has 150 valence electrons. The van der Waals surface area contributed by atoms with E-state index in [9.17, 15) is 4.79 Å². The number of carbonyl (C=O) groups is 1. The van der Waals surface area contributed by atoms with Crippen LogP contribution in [0.3, 0.4) is 0 Å². The SMILES string of the molecule is O=C(CCc1nc(-c2ccc(Cl)cc2)no1)NCC1(c2cccc(Br)c2)CCC1. The molecule has 29 heavy (non-hydrogen) atoms. The molecule has 1 saturated carbocycles. The zero-order valence-corrected chi connectivity index (χ0v) is 18.2. The van der Waals surface area contributed by atoms with Gasteiger partial charge in [-0.25, -0.2) is 0 Å². The van der Waals surface area contributed by atoms with Gasteiger partial charge in [0, 0.05) is 39.9 Å². The molecule has 7 heteroatoms. The summed E-state index contributed by atoms with van der Waals surface area (Å²) in [6.07, 6.45) is 4.11. The normalized spacial score (nSPS) is 15.0. The average molecular weight is 475 g/mol. The Kier molecular flexibility index (Phi) is 6.01. The fraction of sp³-hybridized carbons (Fsp3) is 0.318. The molecule has 0 radical (unpaired) electrons. The summed E-state index contributed by atoms with van der Waals surface area (Å²) in [6, 6.07) is 15.6. The van der Waals surface area contributed by atoms with Crippen LogP contribution in [0, 0.1) is 0 Å². The summed E-state index contributed by atoms with van der Waals surface area (Å²) in [4.78, 5) is 16.8. The Labute approximate surface area is 183 Å². The van der Waals surface area contributed by atoms with Gasteiger partial charge in [0.05, 0.1) is 0 Å². The predicted octanol–water partition coefficient (Wildman–Crippen LogP) is 5.32. The van der Waals surface area contributed by atoms with Crippen molar-refractivity contribution in [3.05, 3.63) is 69.5 Å². The molecule has 1 fully saturated rings. The van der Waals surface area contributed by atoms with Crippen molar-refractivity contribution in [3.8, 4) is 11.4 Å². The molecule has 1 aliphatic carbocycles. The van der Waals surface area contributed by atoms with Crippen molar-refractivity contribution in [1.82, 2.24) is 15.5 Å². The fourth-order valence-corrected chi connectivity index (χ4v) is 4.16. The lowest BCUT2D eigenvalue weighted by Crippen LogP contribution is -2.45. The summed E-state index contributed by atoms with van der Waals surface area (Å²) < 4.78 is 6.35. The molecule has 0 spiro atoms. The molecule has 0 saturated heterocycles. The van der Waals surface area contributed by atoms with Crippen LogP contribution < -0.4 is 5.32 Å². The van der Waals surface area contributed by atoms with Crippen LogP contribution in [0.4, 0.5) is 0 Å². The second-order valence-electron chi connectivity index (χ2n) is 7.44. The van der Waals surface area contributed by atoms with Crippen molar-refractivity contribution >= 4 is 33.4 Å². The molecule has 0 bridgehead atoms. The number of hydrogen-bond donors (Lipinski definition) is 1. The number of halogens is 2. The van der Waals surface area contributed by atoms with Gasteiger partial charge >= 0.3 is 0 Å². The molecule has 1 N–H and O–H groups in total. The predicted molar refractivity (Wildman–Crippen MR) is 116 cm³/mol. The Bertz CT molecular complexity index is 999. The highest BCUT2D eigenvalue weighted by molar-refractivity contribution is 9.10. The maximum absolute atomic E-state index is 12.4. The minimum absolute atomic E-state index is 0.00230. The second-order valence-corrected chi connectivity index (χ2v) is 8.79. The van der Waals surface area contributed by atoms with Gasteiger partial charge in [-0.1, -0.05) is 51.2 Å². The van der Waals surface area contributed by atoms with Crippen LogP contribution in [-0.2, 0) is 16.6 Å². The third-order valence-electron chi connectivity index (χ3n) is 5.51. The van der Waals surface area contributed by atoms with Gasteiger partial charge in [-0.15, -0.1) is 0 Å². The quantitative estimate of drug-likeness (QED) is 0.503. The Balaban J connectivity index is 1.31. The van der Waals surface area contributed by atoms with E-state index in [1.54, 1.807) is 12.1 Å². The van der Waals surface area contributed by atoms with E-state index in [1.807, 2.05) is 18.2 Å². The molecular weight excluding hydrogens is 454 g/mol. The summed E-state index contributed by atoms with van der Waals surface area (Å²) >= 11 is 9.44. The maximum Gasteiger partial charge on any atom is 0.227 e. The molecule has 1 amide bonds. The number of rotatable bonds is 7. The highest BCUT2D eigenvalue weighted by atomic mass is 79.9. The fourth-order valence-electron chi connectivity index (χ4n) is 3.64. The largest absolute Gasteiger partial charge is 0.355 e. The molecule has 3 aromatic rings. The van der Waals surface area contributed by atoms with Crippen molar-refractivity contribution in [3.63, 3.8) is 0 Å². The topological polar surface area (TPSA) is 68.0 Å². The molecule has 2 aromatic carbocycles. The molecule has 4 rings (SSSR count). The molecule has 1 heterocycles. The Morgan fingerprint density at radius 2 is 2.00 bits per heavy atom. The number of carbonyl (C=O) groups excluding carboxylic acids is 1. The number of aryl methyl sites for hydroxylation is 1. The van der Waals surface area contributed by atoms with E-state index in [-0.39, 0.29) is 11.3 Å². The number of aromatic nitrogens is 2. The highest BCUT2D eigenvalue weighted by Gasteiger charge is 2.38. The molecule has 0 unspecified atom stereocenters. The van der Waals surface area contributed by atoms with Crippen molar-refractivity contribution in [2.45, 2.75) is 37.5 Å². The standard InChI is InChI=1S/C22H21BrClN3O2/c23-17-4-1-3-16(13-17)22(11-2-12-22)14-25-19(28)9-10-20-26-21(27-29-20)15-5-7-18(24)8-6-15/h1,3-8,13H,2,9-12,14H2,(H,25,28). The zero-order chi connectivity index (χ0) is 20.3. The van der Waals surface area contributed by atoms with Crippen LogP contribution in [0.2, 0.25) is 5.02 Å². The number of amides is 1. The van der Waals surface area contributed by atoms with Crippen LogP contribution in [0.5, 0.6) is 0 Å². The summed E-state index contributed by atoms with van der Waals surface area (Å²) in [5.41, 5.74) is 2.16. The van der Waals surface area contributed by atoms with E-state index < -0.39 is 0 Å². The number of benzene rings is 2. The first-order valence-corrected chi connectivity index (χ1v) is 10.8. The van der Waals surface area contributed by atoms with Crippen LogP contribution in [0.15, 0.2) is 57.5 Å². The average Bonchev–Trinajstić information content (AvgIpc) is 3.15. The molecule has 1 aliphatic rings. The maximum atomic E-state index is 12.4. The van der Waals surface area contributed by atoms with Crippen LogP contribution in [-0.4, -0.2) is 22.6 Å². The number of nitrogens with one attached hydrogen (secondary N) is 1. The Morgan fingerprint density at radius 1 is 1.21 bits per heavy atom. The third-order valence-corrected chi connectivity index (χ3v) is 6.25. The van der Waals surface area contributed by atoms with Gasteiger partial charge in [0.15, 0.2) is 0 Å². The minimum atomic E-state index is -0.00230. The summed E-state index contributed by atoms with van der Waals surface area (Å²) in [7, 11) is 0. The first-order chi connectivity index (χ1) is 14.0. The van der Waals surface area contributed by atoms with Gasteiger partial charge in [0.25, 0.3) is 0 Å². The molecule has 0 atom stereocenters.